The van der Waals surface area contributed by atoms with E-state index in [2.05, 4.69) is 34.8 Å². The minimum atomic E-state index is -0.0175. The molecular formula is C19H25N5O. The normalized spacial score (nSPS) is 19.3. The lowest BCUT2D eigenvalue weighted by Crippen LogP contribution is -2.34. The minimum absolute atomic E-state index is 0.0175. The quantitative estimate of drug-likeness (QED) is 0.884. The van der Waals surface area contributed by atoms with Crippen LogP contribution in [-0.4, -0.2) is 27.3 Å². The Hall–Kier alpha value is -2.34. The summed E-state index contributed by atoms with van der Waals surface area (Å²) in [6.07, 6.45) is 2.02. The van der Waals surface area contributed by atoms with Crippen molar-refractivity contribution < 1.29 is 4.79 Å². The first-order chi connectivity index (χ1) is 12.0. The highest BCUT2D eigenvalue weighted by Crippen LogP contribution is 2.35. The third kappa shape index (κ3) is 2.80. The highest BCUT2D eigenvalue weighted by atomic mass is 16.2. The molecule has 1 fully saturated rings. The second kappa shape index (κ2) is 6.19. The molecule has 3 heterocycles. The zero-order chi connectivity index (χ0) is 17.6. The van der Waals surface area contributed by atoms with E-state index in [1.54, 1.807) is 0 Å². The number of hydrogen-bond acceptors (Lipinski definition) is 3. The molecule has 4 rings (SSSR count). The molecule has 0 unspecified atom stereocenters. The molecule has 1 aromatic heterocycles. The summed E-state index contributed by atoms with van der Waals surface area (Å²) in [5, 5.41) is 10.9. The number of carbonyl (C=O) groups excluding carboxylic acids is 1. The molecule has 2 aliphatic heterocycles. The molecule has 2 aromatic rings. The van der Waals surface area contributed by atoms with Crippen molar-refractivity contribution in [3.63, 3.8) is 0 Å². The molecule has 6 nitrogen and oxygen atoms in total. The van der Waals surface area contributed by atoms with Gasteiger partial charge < -0.3 is 15.5 Å². The van der Waals surface area contributed by atoms with Gasteiger partial charge in [0.25, 0.3) is 0 Å². The number of benzene rings is 1. The van der Waals surface area contributed by atoms with Crippen molar-refractivity contribution in [2.75, 3.05) is 11.9 Å². The standard InChI is InChI=1S/C19H25N5O/c1-12-18(13(2)23(3)22-12)17-5-4-8-24(17)19(25)21-16-7-6-14-10-20-11-15(14)9-16/h6-7,9,17,20H,4-5,8,10-11H2,1-3H3,(H,21,25)/t17-/m1/s1. The Balaban J connectivity index is 1.55. The first kappa shape index (κ1) is 16.1. The lowest BCUT2D eigenvalue weighted by molar-refractivity contribution is 0.207. The predicted octanol–water partition coefficient (Wildman–Crippen LogP) is 3.01. The topological polar surface area (TPSA) is 62.2 Å². The number of hydrogen-bond donors (Lipinski definition) is 2. The van der Waals surface area contributed by atoms with Crippen LogP contribution < -0.4 is 10.6 Å². The number of anilines is 1. The van der Waals surface area contributed by atoms with E-state index in [1.165, 1.54) is 16.7 Å². The molecule has 2 aliphatic rings. The number of likely N-dealkylation sites (tertiary alicyclic amines) is 1. The van der Waals surface area contributed by atoms with Crippen LogP contribution in [0.4, 0.5) is 10.5 Å². The van der Waals surface area contributed by atoms with Gasteiger partial charge >= 0.3 is 6.03 Å². The molecule has 25 heavy (non-hydrogen) atoms. The van der Waals surface area contributed by atoms with Gasteiger partial charge in [-0.15, -0.1) is 0 Å². The molecular weight excluding hydrogens is 314 g/mol. The molecule has 0 radical (unpaired) electrons. The van der Waals surface area contributed by atoms with E-state index < -0.39 is 0 Å². The summed E-state index contributed by atoms with van der Waals surface area (Å²) >= 11 is 0. The maximum Gasteiger partial charge on any atom is 0.322 e. The van der Waals surface area contributed by atoms with Gasteiger partial charge in [0.15, 0.2) is 0 Å². The summed E-state index contributed by atoms with van der Waals surface area (Å²) in [5.74, 6) is 0. The molecule has 0 saturated carbocycles. The molecule has 0 aliphatic carbocycles. The summed E-state index contributed by atoms with van der Waals surface area (Å²) in [7, 11) is 1.96. The average Bonchev–Trinajstić information content (AvgIpc) is 3.27. The van der Waals surface area contributed by atoms with Crippen molar-refractivity contribution in [1.29, 1.82) is 0 Å². The summed E-state index contributed by atoms with van der Waals surface area (Å²) in [4.78, 5) is 14.9. The lowest BCUT2D eigenvalue weighted by Gasteiger charge is -2.25. The summed E-state index contributed by atoms with van der Waals surface area (Å²) in [6, 6.07) is 6.27. The first-order valence-electron chi connectivity index (χ1n) is 8.95. The number of nitrogens with one attached hydrogen (secondary N) is 2. The Morgan fingerprint density at radius 2 is 2.08 bits per heavy atom. The molecule has 1 saturated heterocycles. The van der Waals surface area contributed by atoms with Gasteiger partial charge in [0, 0.05) is 43.6 Å². The molecule has 132 valence electrons. The second-order valence-corrected chi connectivity index (χ2v) is 7.08. The lowest BCUT2D eigenvalue weighted by atomic mass is 10.0. The van der Waals surface area contributed by atoms with E-state index in [-0.39, 0.29) is 12.1 Å². The van der Waals surface area contributed by atoms with Gasteiger partial charge in [0.1, 0.15) is 0 Å². The smallest absolute Gasteiger partial charge is 0.317 e. The van der Waals surface area contributed by atoms with Crippen molar-refractivity contribution in [3.05, 3.63) is 46.3 Å². The van der Waals surface area contributed by atoms with Gasteiger partial charge in [-0.05, 0) is 49.9 Å². The van der Waals surface area contributed by atoms with Crippen LogP contribution >= 0.6 is 0 Å². The maximum atomic E-state index is 12.9. The van der Waals surface area contributed by atoms with Crippen molar-refractivity contribution in [2.45, 2.75) is 45.8 Å². The van der Waals surface area contributed by atoms with E-state index >= 15 is 0 Å². The van der Waals surface area contributed by atoms with Gasteiger partial charge in [-0.2, -0.15) is 5.10 Å². The number of rotatable bonds is 2. The number of nitrogens with zero attached hydrogens (tertiary/aromatic N) is 3. The molecule has 6 heteroatoms. The van der Waals surface area contributed by atoms with E-state index in [1.807, 2.05) is 29.6 Å². The average molecular weight is 339 g/mol. The van der Waals surface area contributed by atoms with Gasteiger partial charge in [-0.25, -0.2) is 4.79 Å². The maximum absolute atomic E-state index is 12.9. The zero-order valence-corrected chi connectivity index (χ0v) is 15.1. The number of aromatic nitrogens is 2. The number of fused-ring (bicyclic) bond motifs is 1. The fourth-order valence-corrected chi connectivity index (χ4v) is 4.15. The summed E-state index contributed by atoms with van der Waals surface area (Å²) in [6.45, 7) is 6.69. The minimum Gasteiger partial charge on any atom is -0.317 e. The van der Waals surface area contributed by atoms with Crippen LogP contribution in [0.1, 0.15) is 47.0 Å². The van der Waals surface area contributed by atoms with Gasteiger partial charge in [0.2, 0.25) is 0 Å². The number of carbonyl (C=O) groups is 1. The van der Waals surface area contributed by atoms with Crippen molar-refractivity contribution in [1.82, 2.24) is 20.0 Å². The van der Waals surface area contributed by atoms with Crippen LogP contribution in [0.5, 0.6) is 0 Å². The van der Waals surface area contributed by atoms with Crippen LogP contribution in [0.3, 0.4) is 0 Å². The van der Waals surface area contributed by atoms with E-state index in [0.29, 0.717) is 0 Å². The fourth-order valence-electron chi connectivity index (χ4n) is 4.15. The molecule has 1 atom stereocenters. The monoisotopic (exact) mass is 339 g/mol. The van der Waals surface area contributed by atoms with Gasteiger partial charge in [-0.1, -0.05) is 6.07 Å². The Labute approximate surface area is 148 Å². The molecule has 0 spiro atoms. The fraction of sp³-hybridized carbons (Fsp3) is 0.474. The molecule has 1 aromatic carbocycles. The van der Waals surface area contributed by atoms with Crippen LogP contribution in [0, 0.1) is 13.8 Å². The highest BCUT2D eigenvalue weighted by Gasteiger charge is 2.33. The zero-order valence-electron chi connectivity index (χ0n) is 15.1. The van der Waals surface area contributed by atoms with Crippen LogP contribution in [0.25, 0.3) is 0 Å². The first-order valence-corrected chi connectivity index (χ1v) is 8.95. The van der Waals surface area contributed by atoms with Crippen LogP contribution in [-0.2, 0) is 20.1 Å². The molecule has 2 amide bonds. The van der Waals surface area contributed by atoms with E-state index in [9.17, 15) is 4.79 Å². The Morgan fingerprint density at radius 1 is 1.28 bits per heavy atom. The summed E-state index contributed by atoms with van der Waals surface area (Å²) in [5.41, 5.74) is 6.83. The third-order valence-electron chi connectivity index (χ3n) is 5.50. The van der Waals surface area contributed by atoms with Crippen molar-refractivity contribution >= 4 is 11.7 Å². The van der Waals surface area contributed by atoms with E-state index in [0.717, 1.165) is 49.6 Å². The molecule has 2 N–H and O–H groups in total. The van der Waals surface area contributed by atoms with Gasteiger partial charge in [0.05, 0.1) is 11.7 Å². The third-order valence-corrected chi connectivity index (χ3v) is 5.50. The Morgan fingerprint density at radius 3 is 2.84 bits per heavy atom. The second-order valence-electron chi connectivity index (χ2n) is 7.08. The van der Waals surface area contributed by atoms with Crippen LogP contribution in [0.15, 0.2) is 18.2 Å². The van der Waals surface area contributed by atoms with Crippen LogP contribution in [0.2, 0.25) is 0 Å². The predicted molar refractivity (Wildman–Crippen MR) is 97.4 cm³/mol. The highest BCUT2D eigenvalue weighted by molar-refractivity contribution is 5.90. The Kier molecular flexibility index (Phi) is 4.00. The SMILES string of the molecule is Cc1nn(C)c(C)c1[C@H]1CCCN1C(=O)Nc1ccc2c(c1)CNC2. The largest absolute Gasteiger partial charge is 0.322 e. The number of aryl methyl sites for hydroxylation is 2. The Bertz CT molecular complexity index is 825. The number of amides is 2. The van der Waals surface area contributed by atoms with Crippen molar-refractivity contribution in [2.24, 2.45) is 7.05 Å². The molecule has 0 bridgehead atoms. The van der Waals surface area contributed by atoms with Crippen molar-refractivity contribution in [3.8, 4) is 0 Å². The van der Waals surface area contributed by atoms with Gasteiger partial charge in [-0.3, -0.25) is 4.68 Å². The summed E-state index contributed by atoms with van der Waals surface area (Å²) < 4.78 is 1.91. The number of urea groups is 1. The van der Waals surface area contributed by atoms with E-state index in [4.69, 9.17) is 0 Å².